The number of carbonyl (C=O) groups is 2. The van der Waals surface area contributed by atoms with Gasteiger partial charge in [0.1, 0.15) is 0 Å². The van der Waals surface area contributed by atoms with Crippen LogP contribution < -0.4 is 14.4 Å². The van der Waals surface area contributed by atoms with Crippen molar-refractivity contribution >= 4 is 23.1 Å². The molecule has 140 valence electrons. The van der Waals surface area contributed by atoms with Crippen molar-refractivity contribution in [1.29, 1.82) is 0 Å². The third kappa shape index (κ3) is 3.38. The minimum Gasteiger partial charge on any atom is -0.502 e. The first-order chi connectivity index (χ1) is 13.0. The predicted octanol–water partition coefficient (Wildman–Crippen LogP) is 3.63. The third-order valence-electron chi connectivity index (χ3n) is 4.18. The van der Waals surface area contributed by atoms with Crippen LogP contribution in [0.25, 0.3) is 5.57 Å². The molecule has 2 aromatic carbocycles. The normalized spacial score (nSPS) is 14.1. The number of benzene rings is 2. The fourth-order valence-corrected chi connectivity index (χ4v) is 2.91. The van der Waals surface area contributed by atoms with Crippen molar-refractivity contribution in [1.82, 2.24) is 0 Å². The molecule has 0 bridgehead atoms. The molecule has 0 saturated heterocycles. The molecule has 2 aromatic rings. The number of carbonyl (C=O) groups excluding carboxylic acids is 2. The number of hydrogen-bond donors (Lipinski definition) is 1. The molecule has 2 amide bonds. The zero-order valence-electron chi connectivity index (χ0n) is 15.5. The number of aliphatic hydroxyl groups excluding tert-OH is 1. The number of amides is 2. The van der Waals surface area contributed by atoms with Crippen LogP contribution in [0.1, 0.15) is 25.0 Å². The van der Waals surface area contributed by atoms with Gasteiger partial charge in [0.15, 0.2) is 17.3 Å². The molecule has 1 aliphatic heterocycles. The van der Waals surface area contributed by atoms with E-state index in [1.165, 1.54) is 0 Å². The summed E-state index contributed by atoms with van der Waals surface area (Å²) in [7, 11) is 0. The summed E-state index contributed by atoms with van der Waals surface area (Å²) >= 11 is 0. The lowest BCUT2D eigenvalue weighted by Gasteiger charge is -2.18. The van der Waals surface area contributed by atoms with Gasteiger partial charge in [-0.1, -0.05) is 29.8 Å². The van der Waals surface area contributed by atoms with Crippen molar-refractivity contribution in [3.05, 3.63) is 59.4 Å². The first-order valence-corrected chi connectivity index (χ1v) is 8.76. The molecule has 0 saturated carbocycles. The number of aryl methyl sites for hydroxylation is 1. The van der Waals surface area contributed by atoms with Gasteiger partial charge in [0.2, 0.25) is 0 Å². The van der Waals surface area contributed by atoms with E-state index in [4.69, 9.17) is 9.47 Å². The molecule has 6 heteroatoms. The maximum atomic E-state index is 12.9. The highest BCUT2D eigenvalue weighted by Crippen LogP contribution is 2.37. The predicted molar refractivity (Wildman–Crippen MR) is 102 cm³/mol. The second kappa shape index (κ2) is 7.53. The summed E-state index contributed by atoms with van der Waals surface area (Å²) < 4.78 is 11.1. The summed E-state index contributed by atoms with van der Waals surface area (Å²) in [6.07, 6.45) is 0. The average molecular weight is 367 g/mol. The SMILES string of the molecule is CCOc1ccc(N2C(=O)C(O)=C(c3ccc(C)cc3)C2=O)cc1OCC. The summed E-state index contributed by atoms with van der Waals surface area (Å²) in [5, 5.41) is 10.3. The molecule has 1 N–H and O–H groups in total. The van der Waals surface area contributed by atoms with Crippen molar-refractivity contribution in [2.45, 2.75) is 20.8 Å². The van der Waals surface area contributed by atoms with Crippen LogP contribution in [-0.2, 0) is 9.59 Å². The number of anilines is 1. The van der Waals surface area contributed by atoms with Crippen molar-refractivity contribution in [2.75, 3.05) is 18.1 Å². The highest BCUT2D eigenvalue weighted by atomic mass is 16.5. The Hall–Kier alpha value is -3.28. The second-order valence-electron chi connectivity index (χ2n) is 6.03. The first-order valence-electron chi connectivity index (χ1n) is 8.76. The molecular weight excluding hydrogens is 346 g/mol. The van der Waals surface area contributed by atoms with E-state index in [1.54, 1.807) is 30.3 Å². The first kappa shape index (κ1) is 18.5. The van der Waals surface area contributed by atoms with Crippen LogP contribution in [0.2, 0.25) is 0 Å². The van der Waals surface area contributed by atoms with E-state index in [-0.39, 0.29) is 5.57 Å². The Morgan fingerprint density at radius 3 is 2.15 bits per heavy atom. The van der Waals surface area contributed by atoms with Crippen LogP contribution in [0.4, 0.5) is 5.69 Å². The Kier molecular flexibility index (Phi) is 5.16. The van der Waals surface area contributed by atoms with Crippen molar-refractivity contribution in [3.8, 4) is 11.5 Å². The van der Waals surface area contributed by atoms with Gasteiger partial charge in [0.05, 0.1) is 24.5 Å². The number of rotatable bonds is 6. The van der Waals surface area contributed by atoms with Gasteiger partial charge in [-0.05, 0) is 38.5 Å². The van der Waals surface area contributed by atoms with E-state index in [9.17, 15) is 14.7 Å². The lowest BCUT2D eigenvalue weighted by Crippen LogP contribution is -2.31. The number of nitrogens with zero attached hydrogens (tertiary/aromatic N) is 1. The summed E-state index contributed by atoms with van der Waals surface area (Å²) in [5.74, 6) is -0.940. The Morgan fingerprint density at radius 1 is 0.889 bits per heavy atom. The maximum absolute atomic E-state index is 12.9. The van der Waals surface area contributed by atoms with E-state index in [0.717, 1.165) is 10.5 Å². The zero-order valence-corrected chi connectivity index (χ0v) is 15.5. The van der Waals surface area contributed by atoms with E-state index >= 15 is 0 Å². The zero-order chi connectivity index (χ0) is 19.6. The van der Waals surface area contributed by atoms with Gasteiger partial charge in [0, 0.05) is 6.07 Å². The summed E-state index contributed by atoms with van der Waals surface area (Å²) in [6.45, 7) is 6.47. The minimum atomic E-state index is -0.762. The molecule has 1 heterocycles. The fraction of sp³-hybridized carbons (Fsp3) is 0.238. The molecule has 0 radical (unpaired) electrons. The number of imide groups is 1. The van der Waals surface area contributed by atoms with Gasteiger partial charge in [-0.3, -0.25) is 9.59 Å². The summed E-state index contributed by atoms with van der Waals surface area (Å²) in [6, 6.07) is 11.9. The molecule has 27 heavy (non-hydrogen) atoms. The van der Waals surface area contributed by atoms with Gasteiger partial charge in [-0.25, -0.2) is 4.90 Å². The molecule has 0 fully saturated rings. The van der Waals surface area contributed by atoms with Crippen molar-refractivity contribution in [2.24, 2.45) is 0 Å². The van der Waals surface area contributed by atoms with Gasteiger partial charge >= 0.3 is 5.91 Å². The number of hydrogen-bond acceptors (Lipinski definition) is 5. The molecule has 0 atom stereocenters. The summed E-state index contributed by atoms with van der Waals surface area (Å²) in [4.78, 5) is 26.4. The van der Waals surface area contributed by atoms with Gasteiger partial charge in [-0.2, -0.15) is 0 Å². The molecule has 3 rings (SSSR count). The highest BCUT2D eigenvalue weighted by Gasteiger charge is 2.40. The third-order valence-corrected chi connectivity index (χ3v) is 4.18. The van der Waals surface area contributed by atoms with Gasteiger partial charge in [-0.15, -0.1) is 0 Å². The molecule has 1 aliphatic rings. The van der Waals surface area contributed by atoms with Crippen molar-refractivity contribution < 1.29 is 24.2 Å². The monoisotopic (exact) mass is 367 g/mol. The van der Waals surface area contributed by atoms with Crippen LogP contribution in [0.5, 0.6) is 11.5 Å². The maximum Gasteiger partial charge on any atom is 0.301 e. The van der Waals surface area contributed by atoms with Crippen LogP contribution in [0.15, 0.2) is 48.2 Å². The Labute approximate surface area is 157 Å². The van der Waals surface area contributed by atoms with Gasteiger partial charge < -0.3 is 14.6 Å². The smallest absolute Gasteiger partial charge is 0.301 e. The molecule has 0 unspecified atom stereocenters. The number of ether oxygens (including phenoxy) is 2. The average Bonchev–Trinajstić information content (AvgIpc) is 2.87. The molecule has 0 spiro atoms. The van der Waals surface area contributed by atoms with Crippen molar-refractivity contribution in [3.63, 3.8) is 0 Å². The van der Waals surface area contributed by atoms with Crippen LogP contribution >= 0.6 is 0 Å². The van der Waals surface area contributed by atoms with E-state index in [1.807, 2.05) is 32.9 Å². The van der Waals surface area contributed by atoms with Gasteiger partial charge in [0.25, 0.3) is 5.91 Å². The Morgan fingerprint density at radius 2 is 1.52 bits per heavy atom. The van der Waals surface area contributed by atoms with Crippen LogP contribution in [0, 0.1) is 6.92 Å². The van der Waals surface area contributed by atoms with E-state index in [0.29, 0.717) is 36.0 Å². The lowest BCUT2D eigenvalue weighted by atomic mass is 10.0. The Balaban J connectivity index is 1.99. The van der Waals surface area contributed by atoms with E-state index < -0.39 is 17.6 Å². The topological polar surface area (TPSA) is 76.1 Å². The highest BCUT2D eigenvalue weighted by molar-refractivity contribution is 6.44. The fourth-order valence-electron chi connectivity index (χ4n) is 2.91. The summed E-state index contributed by atoms with van der Waals surface area (Å²) in [5.41, 5.74) is 1.81. The standard InChI is InChI=1S/C21H21NO5/c1-4-26-16-11-10-15(12-17(16)27-5-2)22-20(24)18(19(23)21(22)25)14-8-6-13(3)7-9-14/h6-12,23H,4-5H2,1-3H3. The number of aliphatic hydroxyl groups is 1. The molecular formula is C21H21NO5. The van der Waals surface area contributed by atoms with Crippen LogP contribution in [-0.4, -0.2) is 30.1 Å². The lowest BCUT2D eigenvalue weighted by molar-refractivity contribution is -0.121. The molecule has 6 nitrogen and oxygen atoms in total. The largest absolute Gasteiger partial charge is 0.502 e. The Bertz CT molecular complexity index is 915. The van der Waals surface area contributed by atoms with E-state index in [2.05, 4.69) is 0 Å². The molecule has 0 aliphatic carbocycles. The molecule has 0 aromatic heterocycles. The second-order valence-corrected chi connectivity index (χ2v) is 6.03. The minimum absolute atomic E-state index is 0.00755. The quantitative estimate of drug-likeness (QED) is 0.789. The van der Waals surface area contributed by atoms with Crippen LogP contribution in [0.3, 0.4) is 0 Å².